The number of ether oxygens (including phenoxy) is 1. The maximum atomic E-state index is 12.4. The summed E-state index contributed by atoms with van der Waals surface area (Å²) in [6, 6.07) is 5.94. The van der Waals surface area contributed by atoms with Crippen molar-refractivity contribution >= 4 is 15.7 Å². The average molecular weight is 310 g/mol. The van der Waals surface area contributed by atoms with Crippen molar-refractivity contribution in [2.24, 2.45) is 0 Å². The van der Waals surface area contributed by atoms with E-state index in [9.17, 15) is 8.42 Å². The number of nitrogens with one attached hydrogen (secondary N) is 1. The van der Waals surface area contributed by atoms with E-state index in [4.69, 9.17) is 10.5 Å². The van der Waals surface area contributed by atoms with Crippen molar-refractivity contribution in [1.82, 2.24) is 14.5 Å². The number of benzene rings is 1. The van der Waals surface area contributed by atoms with Crippen LogP contribution in [0.2, 0.25) is 0 Å². The number of nitrogen functional groups attached to an aromatic ring is 1. The number of nitrogens with two attached hydrogens (primary N) is 1. The summed E-state index contributed by atoms with van der Waals surface area (Å²) < 4.78 is 34.2. The van der Waals surface area contributed by atoms with Crippen molar-refractivity contribution in [2.75, 3.05) is 12.8 Å². The minimum absolute atomic E-state index is 0.0253. The van der Waals surface area contributed by atoms with Crippen LogP contribution in [0.25, 0.3) is 0 Å². The Labute approximate surface area is 123 Å². The summed E-state index contributed by atoms with van der Waals surface area (Å²) in [4.78, 5) is 0.0253. The highest BCUT2D eigenvalue weighted by molar-refractivity contribution is 7.89. The molecule has 0 aliphatic heterocycles. The third-order valence-electron chi connectivity index (χ3n) is 2.85. The molecule has 1 unspecified atom stereocenters. The van der Waals surface area contributed by atoms with Gasteiger partial charge in [-0.05, 0) is 31.2 Å². The molecule has 8 heteroatoms. The van der Waals surface area contributed by atoms with E-state index in [-0.39, 0.29) is 16.7 Å². The Morgan fingerprint density at radius 3 is 2.86 bits per heavy atom. The summed E-state index contributed by atoms with van der Waals surface area (Å²) in [7, 11) is -2.31. The average Bonchev–Trinajstić information content (AvgIpc) is 2.90. The number of methoxy groups -OCH3 is 1. The van der Waals surface area contributed by atoms with Crippen LogP contribution in [0.1, 0.15) is 6.92 Å². The van der Waals surface area contributed by atoms with E-state index in [1.54, 1.807) is 36.1 Å². The fraction of sp³-hybridized carbons (Fsp3) is 0.308. The Hall–Kier alpha value is -2.06. The van der Waals surface area contributed by atoms with Gasteiger partial charge < -0.3 is 10.5 Å². The van der Waals surface area contributed by atoms with E-state index >= 15 is 0 Å². The van der Waals surface area contributed by atoms with Crippen LogP contribution < -0.4 is 15.2 Å². The number of sulfonamides is 1. The van der Waals surface area contributed by atoms with Crippen LogP contribution in [0.4, 0.5) is 5.69 Å². The van der Waals surface area contributed by atoms with Crippen molar-refractivity contribution in [3.63, 3.8) is 0 Å². The molecule has 0 spiro atoms. The second kappa shape index (κ2) is 6.15. The number of hydrogen-bond acceptors (Lipinski definition) is 5. The molecule has 1 aromatic heterocycles. The molecule has 2 rings (SSSR count). The SMILES string of the molecule is COc1ccc(N)cc1S(=O)(=O)NC(C)Cn1cccn1. The van der Waals surface area contributed by atoms with Crippen LogP contribution in [0, 0.1) is 0 Å². The fourth-order valence-corrected chi connectivity index (χ4v) is 3.40. The summed E-state index contributed by atoms with van der Waals surface area (Å²) in [5, 5.41) is 4.04. The summed E-state index contributed by atoms with van der Waals surface area (Å²) in [5.74, 6) is 0.253. The highest BCUT2D eigenvalue weighted by atomic mass is 32.2. The topological polar surface area (TPSA) is 99.2 Å². The molecule has 0 amide bonds. The minimum Gasteiger partial charge on any atom is -0.495 e. The second-order valence-corrected chi connectivity index (χ2v) is 6.34. The summed E-state index contributed by atoms with van der Waals surface area (Å²) >= 11 is 0. The first-order valence-corrected chi connectivity index (χ1v) is 7.84. The molecular formula is C13H18N4O3S. The number of hydrogen-bond donors (Lipinski definition) is 2. The van der Waals surface area contributed by atoms with Gasteiger partial charge in [-0.1, -0.05) is 0 Å². The summed E-state index contributed by atoms with van der Waals surface area (Å²) in [6.07, 6.45) is 3.41. The standard InChI is InChI=1S/C13H18N4O3S/c1-10(9-17-7-3-6-15-17)16-21(18,19)13-8-11(14)4-5-12(13)20-2/h3-8,10,16H,9,14H2,1-2H3. The molecule has 114 valence electrons. The Morgan fingerprint density at radius 2 is 2.24 bits per heavy atom. The van der Waals surface area contributed by atoms with Gasteiger partial charge in [-0.2, -0.15) is 5.10 Å². The van der Waals surface area contributed by atoms with E-state index in [2.05, 4.69) is 9.82 Å². The second-order valence-electron chi connectivity index (χ2n) is 4.66. The highest BCUT2D eigenvalue weighted by Crippen LogP contribution is 2.25. The van der Waals surface area contributed by atoms with Crippen LogP contribution in [-0.2, 0) is 16.6 Å². The lowest BCUT2D eigenvalue weighted by Gasteiger charge is -2.16. The van der Waals surface area contributed by atoms with Gasteiger partial charge in [0.15, 0.2) is 0 Å². The normalized spacial score (nSPS) is 13.0. The van der Waals surface area contributed by atoms with E-state index in [1.165, 1.54) is 19.2 Å². The van der Waals surface area contributed by atoms with Gasteiger partial charge >= 0.3 is 0 Å². The van der Waals surface area contributed by atoms with E-state index in [1.807, 2.05) is 0 Å². The zero-order chi connectivity index (χ0) is 15.5. The van der Waals surface area contributed by atoms with Crippen LogP contribution >= 0.6 is 0 Å². The van der Waals surface area contributed by atoms with Gasteiger partial charge in [0.25, 0.3) is 0 Å². The van der Waals surface area contributed by atoms with Crippen LogP contribution in [0.3, 0.4) is 0 Å². The Morgan fingerprint density at radius 1 is 1.48 bits per heavy atom. The Bertz CT molecular complexity index is 698. The van der Waals surface area contributed by atoms with Crippen LogP contribution in [-0.4, -0.2) is 31.3 Å². The molecule has 0 saturated carbocycles. The molecule has 0 fully saturated rings. The zero-order valence-electron chi connectivity index (χ0n) is 11.9. The van der Waals surface area contributed by atoms with Crippen molar-refractivity contribution in [3.05, 3.63) is 36.7 Å². The van der Waals surface area contributed by atoms with Crippen molar-refractivity contribution < 1.29 is 13.2 Å². The van der Waals surface area contributed by atoms with Gasteiger partial charge in [0.1, 0.15) is 10.6 Å². The lowest BCUT2D eigenvalue weighted by atomic mass is 10.3. The summed E-state index contributed by atoms with van der Waals surface area (Å²) in [6.45, 7) is 2.19. The first kappa shape index (κ1) is 15.3. The smallest absolute Gasteiger partial charge is 0.244 e. The van der Waals surface area contributed by atoms with Crippen molar-refractivity contribution in [3.8, 4) is 5.75 Å². The predicted molar refractivity (Wildman–Crippen MR) is 79.4 cm³/mol. The van der Waals surface area contributed by atoms with Gasteiger partial charge in [-0.3, -0.25) is 4.68 Å². The highest BCUT2D eigenvalue weighted by Gasteiger charge is 2.22. The molecule has 2 aromatic rings. The summed E-state index contributed by atoms with van der Waals surface area (Å²) in [5.41, 5.74) is 6.01. The lowest BCUT2D eigenvalue weighted by molar-refractivity contribution is 0.401. The number of rotatable bonds is 6. The maximum Gasteiger partial charge on any atom is 0.244 e. The molecule has 0 aliphatic rings. The van der Waals surface area contributed by atoms with E-state index in [0.717, 1.165) is 0 Å². The fourth-order valence-electron chi connectivity index (χ4n) is 1.96. The van der Waals surface area contributed by atoms with Crippen LogP contribution in [0.15, 0.2) is 41.6 Å². The molecule has 7 nitrogen and oxygen atoms in total. The molecule has 0 aliphatic carbocycles. The third kappa shape index (κ3) is 3.73. The Balaban J connectivity index is 2.20. The molecular weight excluding hydrogens is 292 g/mol. The maximum absolute atomic E-state index is 12.4. The lowest BCUT2D eigenvalue weighted by Crippen LogP contribution is -2.36. The largest absolute Gasteiger partial charge is 0.495 e. The first-order chi connectivity index (χ1) is 9.92. The first-order valence-electron chi connectivity index (χ1n) is 6.35. The number of nitrogens with zero attached hydrogens (tertiary/aromatic N) is 2. The minimum atomic E-state index is -3.72. The quantitative estimate of drug-likeness (QED) is 0.770. The molecule has 1 aromatic carbocycles. The van der Waals surface area contributed by atoms with Crippen molar-refractivity contribution in [2.45, 2.75) is 24.4 Å². The van der Waals surface area contributed by atoms with E-state index < -0.39 is 10.0 Å². The molecule has 3 N–H and O–H groups in total. The molecule has 0 radical (unpaired) electrons. The molecule has 1 heterocycles. The molecule has 0 saturated heterocycles. The van der Waals surface area contributed by atoms with Gasteiger partial charge in [-0.15, -0.1) is 0 Å². The van der Waals surface area contributed by atoms with E-state index in [0.29, 0.717) is 12.2 Å². The van der Waals surface area contributed by atoms with Gasteiger partial charge in [0.05, 0.1) is 13.7 Å². The monoisotopic (exact) mass is 310 g/mol. The van der Waals surface area contributed by atoms with Crippen LogP contribution in [0.5, 0.6) is 5.75 Å². The van der Waals surface area contributed by atoms with Crippen molar-refractivity contribution in [1.29, 1.82) is 0 Å². The van der Waals surface area contributed by atoms with Gasteiger partial charge in [-0.25, -0.2) is 13.1 Å². The number of anilines is 1. The van der Waals surface area contributed by atoms with Gasteiger partial charge in [0.2, 0.25) is 10.0 Å². The zero-order valence-corrected chi connectivity index (χ0v) is 12.7. The molecule has 21 heavy (non-hydrogen) atoms. The van der Waals surface area contributed by atoms with Gasteiger partial charge in [0, 0.05) is 24.1 Å². The molecule has 1 atom stereocenters. The number of aromatic nitrogens is 2. The predicted octanol–water partition coefficient (Wildman–Crippen LogP) is 0.841. The Kier molecular flexibility index (Phi) is 4.49. The molecule has 0 bridgehead atoms. The third-order valence-corrected chi connectivity index (χ3v) is 4.46.